The molecule has 1 aromatic heterocycles. The summed E-state index contributed by atoms with van der Waals surface area (Å²) in [5.41, 5.74) is 2.44. The molecule has 0 spiro atoms. The number of rotatable bonds is 2. The summed E-state index contributed by atoms with van der Waals surface area (Å²) in [7, 11) is 0. The van der Waals surface area contributed by atoms with Gasteiger partial charge in [0.25, 0.3) is 0 Å². The fraction of sp³-hybridized carbons (Fsp3) is 0.143. The molecule has 0 unspecified atom stereocenters. The summed E-state index contributed by atoms with van der Waals surface area (Å²) in [4.78, 5) is 11.2. The first-order chi connectivity index (χ1) is 8.11. The molecule has 0 aliphatic rings. The van der Waals surface area contributed by atoms with Crippen LogP contribution >= 0.6 is 0 Å². The second kappa shape index (κ2) is 4.26. The third-order valence-corrected chi connectivity index (χ3v) is 2.59. The summed E-state index contributed by atoms with van der Waals surface area (Å²) in [6.07, 6.45) is 0. The monoisotopic (exact) mass is 225 g/mol. The summed E-state index contributed by atoms with van der Waals surface area (Å²) in [6.45, 7) is 3.29. The maximum Gasteiger partial charge on any atom is 0.194 e. The lowest BCUT2D eigenvalue weighted by atomic mass is 10.0. The average Bonchev–Trinajstić information content (AvgIpc) is 2.72. The van der Waals surface area contributed by atoms with Crippen LogP contribution in [0.2, 0.25) is 0 Å². The molecule has 0 N–H and O–H groups in total. The van der Waals surface area contributed by atoms with E-state index in [1.165, 1.54) is 6.92 Å². The first-order valence-corrected chi connectivity index (χ1v) is 5.23. The lowest BCUT2D eigenvalue weighted by Crippen LogP contribution is -1.86. The topological polar surface area (TPSA) is 54.0 Å². The number of carbonyl (C=O) groups is 1. The zero-order valence-corrected chi connectivity index (χ0v) is 9.65. The zero-order valence-electron chi connectivity index (χ0n) is 9.65. The quantitative estimate of drug-likeness (QED) is 0.736. The smallest absolute Gasteiger partial charge is 0.194 e. The van der Waals surface area contributed by atoms with Gasteiger partial charge in [0.1, 0.15) is 5.76 Å². The normalized spacial score (nSPS) is 9.94. The molecule has 0 fully saturated rings. The van der Waals surface area contributed by atoms with E-state index in [0.29, 0.717) is 17.1 Å². The summed E-state index contributed by atoms with van der Waals surface area (Å²) in [5.74, 6) is 0.981. The molecule has 84 valence electrons. The number of carbonyl (C=O) groups excluding carboxylic acids is 1. The van der Waals surface area contributed by atoms with Gasteiger partial charge in [-0.25, -0.2) is 0 Å². The van der Waals surface area contributed by atoms with Crippen LogP contribution in [0.25, 0.3) is 11.1 Å². The predicted octanol–water partition coefficient (Wildman–Crippen LogP) is 3.33. The van der Waals surface area contributed by atoms with Crippen molar-refractivity contribution in [1.29, 1.82) is 5.26 Å². The molecule has 0 saturated heterocycles. The highest BCUT2D eigenvalue weighted by Crippen LogP contribution is 2.27. The van der Waals surface area contributed by atoms with Crippen LogP contribution in [0.4, 0.5) is 0 Å². The predicted molar refractivity (Wildman–Crippen MR) is 63.6 cm³/mol. The highest BCUT2D eigenvalue weighted by molar-refractivity contribution is 5.93. The number of aryl methyl sites for hydroxylation is 1. The summed E-state index contributed by atoms with van der Waals surface area (Å²) in [5, 5.41) is 8.72. The van der Waals surface area contributed by atoms with Gasteiger partial charge in [-0.2, -0.15) is 5.26 Å². The number of hydrogen-bond acceptors (Lipinski definition) is 3. The Balaban J connectivity index is 2.46. The number of ketones is 1. The Kier molecular flexibility index (Phi) is 2.80. The van der Waals surface area contributed by atoms with Crippen LogP contribution in [-0.4, -0.2) is 5.78 Å². The number of Topliss-reactive ketones (excluding diaryl/α,β-unsaturated/α-hetero) is 1. The van der Waals surface area contributed by atoms with Crippen molar-refractivity contribution in [3.63, 3.8) is 0 Å². The molecule has 17 heavy (non-hydrogen) atoms. The molecule has 0 amide bonds. The van der Waals surface area contributed by atoms with Crippen molar-refractivity contribution < 1.29 is 9.21 Å². The number of nitriles is 1. The lowest BCUT2D eigenvalue weighted by Gasteiger charge is -1.98. The van der Waals surface area contributed by atoms with Gasteiger partial charge in [0.05, 0.1) is 11.6 Å². The number of hydrogen-bond donors (Lipinski definition) is 0. The van der Waals surface area contributed by atoms with Crippen LogP contribution in [0.15, 0.2) is 34.7 Å². The van der Waals surface area contributed by atoms with Gasteiger partial charge < -0.3 is 4.42 Å². The molecular formula is C14H11NO2. The maximum atomic E-state index is 11.2. The molecule has 2 aromatic rings. The molecular weight excluding hydrogens is 214 g/mol. The number of benzene rings is 1. The van der Waals surface area contributed by atoms with Crippen LogP contribution in [0, 0.1) is 18.3 Å². The van der Waals surface area contributed by atoms with E-state index in [4.69, 9.17) is 9.68 Å². The van der Waals surface area contributed by atoms with Crippen molar-refractivity contribution in [2.75, 3.05) is 0 Å². The highest BCUT2D eigenvalue weighted by atomic mass is 16.3. The minimum absolute atomic E-state index is 0.0898. The van der Waals surface area contributed by atoms with Gasteiger partial charge in [-0.05, 0) is 30.7 Å². The molecule has 2 rings (SSSR count). The number of nitrogens with zero attached hydrogens (tertiary/aromatic N) is 1. The van der Waals surface area contributed by atoms with Crippen LogP contribution < -0.4 is 0 Å². The Hall–Kier alpha value is -2.34. The van der Waals surface area contributed by atoms with Crippen molar-refractivity contribution in [3.05, 3.63) is 47.4 Å². The molecule has 1 heterocycles. The molecule has 0 saturated carbocycles. The van der Waals surface area contributed by atoms with Crippen LogP contribution in [-0.2, 0) is 0 Å². The van der Waals surface area contributed by atoms with Crippen LogP contribution in [0.1, 0.15) is 28.8 Å². The van der Waals surface area contributed by atoms with Gasteiger partial charge in [0.15, 0.2) is 11.5 Å². The Morgan fingerprint density at radius 2 is 1.94 bits per heavy atom. The van der Waals surface area contributed by atoms with Crippen molar-refractivity contribution in [3.8, 4) is 17.2 Å². The molecule has 3 nitrogen and oxygen atoms in total. The van der Waals surface area contributed by atoms with Crippen LogP contribution in [0.3, 0.4) is 0 Å². The minimum Gasteiger partial charge on any atom is -0.458 e. The third kappa shape index (κ3) is 2.11. The van der Waals surface area contributed by atoms with Gasteiger partial charge in [0, 0.05) is 12.5 Å². The van der Waals surface area contributed by atoms with Crippen molar-refractivity contribution in [2.24, 2.45) is 0 Å². The second-order valence-electron chi connectivity index (χ2n) is 3.83. The van der Waals surface area contributed by atoms with Gasteiger partial charge in [0.2, 0.25) is 0 Å². The molecule has 0 radical (unpaired) electrons. The van der Waals surface area contributed by atoms with E-state index < -0.39 is 0 Å². The van der Waals surface area contributed by atoms with E-state index in [1.54, 1.807) is 18.2 Å². The lowest BCUT2D eigenvalue weighted by molar-refractivity contribution is 0.0986. The molecule has 0 aliphatic heterocycles. The average molecular weight is 225 g/mol. The van der Waals surface area contributed by atoms with Crippen LogP contribution in [0.5, 0.6) is 0 Å². The third-order valence-electron chi connectivity index (χ3n) is 2.59. The standard InChI is InChI=1S/C14H11NO2/c1-9(16)14-7-13(10(2)17-14)12-5-3-11(8-15)4-6-12/h3-7H,1-2H3. The number of furan rings is 1. The van der Waals surface area contributed by atoms with E-state index in [2.05, 4.69) is 6.07 Å². The molecule has 0 atom stereocenters. The first-order valence-electron chi connectivity index (χ1n) is 5.23. The van der Waals surface area contributed by atoms with Gasteiger partial charge >= 0.3 is 0 Å². The fourth-order valence-electron chi connectivity index (χ4n) is 1.67. The molecule has 0 bridgehead atoms. The fourth-order valence-corrected chi connectivity index (χ4v) is 1.67. The minimum atomic E-state index is -0.0898. The Bertz CT molecular complexity index is 600. The SMILES string of the molecule is CC(=O)c1cc(-c2ccc(C#N)cc2)c(C)o1. The van der Waals surface area contributed by atoms with Crippen molar-refractivity contribution >= 4 is 5.78 Å². The first kappa shape index (κ1) is 11.2. The summed E-state index contributed by atoms with van der Waals surface area (Å²) in [6, 6.07) is 11.0. The van der Waals surface area contributed by atoms with Crippen molar-refractivity contribution in [1.82, 2.24) is 0 Å². The molecule has 1 aromatic carbocycles. The van der Waals surface area contributed by atoms with Crippen molar-refractivity contribution in [2.45, 2.75) is 13.8 Å². The highest BCUT2D eigenvalue weighted by Gasteiger charge is 2.12. The Morgan fingerprint density at radius 3 is 2.41 bits per heavy atom. The van der Waals surface area contributed by atoms with E-state index in [9.17, 15) is 4.79 Å². The van der Waals surface area contributed by atoms with E-state index in [1.807, 2.05) is 19.1 Å². The van der Waals surface area contributed by atoms with Gasteiger partial charge in [-0.1, -0.05) is 12.1 Å². The van der Waals surface area contributed by atoms with E-state index in [0.717, 1.165) is 11.1 Å². The van der Waals surface area contributed by atoms with Gasteiger partial charge in [-0.3, -0.25) is 4.79 Å². The zero-order chi connectivity index (χ0) is 12.4. The summed E-state index contributed by atoms with van der Waals surface area (Å²) < 4.78 is 5.37. The summed E-state index contributed by atoms with van der Waals surface area (Å²) >= 11 is 0. The molecule has 3 heteroatoms. The Labute approximate surface area is 99.3 Å². The maximum absolute atomic E-state index is 11.2. The van der Waals surface area contributed by atoms with E-state index >= 15 is 0 Å². The largest absolute Gasteiger partial charge is 0.458 e. The molecule has 0 aliphatic carbocycles. The second-order valence-corrected chi connectivity index (χ2v) is 3.83. The van der Waals surface area contributed by atoms with E-state index in [-0.39, 0.29) is 5.78 Å². The Morgan fingerprint density at radius 1 is 1.29 bits per heavy atom. The van der Waals surface area contributed by atoms with Gasteiger partial charge in [-0.15, -0.1) is 0 Å².